The molecule has 0 radical (unpaired) electrons. The summed E-state index contributed by atoms with van der Waals surface area (Å²) in [6, 6.07) is 21.3. The van der Waals surface area contributed by atoms with E-state index in [1.807, 2.05) is 30.3 Å². The molecule has 4 rings (SSSR count). The van der Waals surface area contributed by atoms with E-state index in [0.717, 1.165) is 5.56 Å². The van der Waals surface area contributed by atoms with Crippen LogP contribution in [0.3, 0.4) is 0 Å². The number of halogens is 1. The van der Waals surface area contributed by atoms with Gasteiger partial charge in [-0.1, -0.05) is 41.9 Å². The highest BCUT2D eigenvalue weighted by atomic mass is 35.5. The zero-order valence-corrected chi connectivity index (χ0v) is 17.7. The Kier molecular flexibility index (Phi) is 5.61. The first kappa shape index (κ1) is 20.2. The molecule has 0 unspecified atom stereocenters. The molecule has 4 aromatic rings. The topological polar surface area (TPSA) is 68.3 Å². The number of ether oxygens (including phenoxy) is 1. The summed E-state index contributed by atoms with van der Waals surface area (Å²) in [6.07, 6.45) is 1.39. The van der Waals surface area contributed by atoms with Gasteiger partial charge in [-0.05, 0) is 48.0 Å². The molecule has 0 aliphatic heterocycles. The predicted octanol–water partition coefficient (Wildman–Crippen LogP) is 5.34. The van der Waals surface area contributed by atoms with Crippen LogP contribution < -0.4 is 10.1 Å². The lowest BCUT2D eigenvalue weighted by molar-refractivity contribution is 0.415. The van der Waals surface area contributed by atoms with Gasteiger partial charge in [-0.2, -0.15) is 0 Å². The van der Waals surface area contributed by atoms with E-state index in [1.165, 1.54) is 18.3 Å². The fraction of sp³-hybridized carbons (Fsp3) is 0.0870. The van der Waals surface area contributed by atoms with Crippen molar-refractivity contribution >= 4 is 38.0 Å². The van der Waals surface area contributed by atoms with Gasteiger partial charge in [-0.3, -0.25) is 4.98 Å². The number of fused-ring (bicyclic) bond motifs is 1. The number of rotatable bonds is 6. The number of sulfone groups is 1. The van der Waals surface area contributed by atoms with E-state index < -0.39 is 9.84 Å². The van der Waals surface area contributed by atoms with Crippen LogP contribution in [0.2, 0.25) is 5.02 Å². The minimum atomic E-state index is -3.83. The SMILES string of the molecule is COc1ccc2ncc(S(=O)(=O)c3ccc(Cl)cc3)c(NCc3ccccc3)c2c1. The molecule has 152 valence electrons. The monoisotopic (exact) mass is 438 g/mol. The Balaban J connectivity index is 1.88. The Morgan fingerprint density at radius 3 is 2.43 bits per heavy atom. The van der Waals surface area contributed by atoms with Crippen LogP contribution in [-0.2, 0) is 16.4 Å². The molecule has 0 spiro atoms. The third-order valence-corrected chi connectivity index (χ3v) is 6.80. The number of methoxy groups -OCH3 is 1. The van der Waals surface area contributed by atoms with Crippen molar-refractivity contribution < 1.29 is 13.2 Å². The molecule has 7 heteroatoms. The van der Waals surface area contributed by atoms with E-state index in [-0.39, 0.29) is 9.79 Å². The van der Waals surface area contributed by atoms with Crippen LogP contribution in [0, 0.1) is 0 Å². The number of nitrogens with one attached hydrogen (secondary N) is 1. The maximum absolute atomic E-state index is 13.4. The van der Waals surface area contributed by atoms with Crippen molar-refractivity contribution in [2.45, 2.75) is 16.3 Å². The van der Waals surface area contributed by atoms with E-state index in [9.17, 15) is 8.42 Å². The van der Waals surface area contributed by atoms with E-state index in [4.69, 9.17) is 16.3 Å². The zero-order valence-electron chi connectivity index (χ0n) is 16.2. The van der Waals surface area contributed by atoms with Crippen LogP contribution in [0.5, 0.6) is 5.75 Å². The van der Waals surface area contributed by atoms with Gasteiger partial charge in [0.1, 0.15) is 10.6 Å². The first-order valence-electron chi connectivity index (χ1n) is 9.24. The molecule has 1 N–H and O–H groups in total. The molecule has 5 nitrogen and oxygen atoms in total. The van der Waals surface area contributed by atoms with Crippen molar-refractivity contribution in [1.29, 1.82) is 0 Å². The Hall–Kier alpha value is -3.09. The number of pyridine rings is 1. The lowest BCUT2D eigenvalue weighted by Gasteiger charge is -2.16. The number of benzene rings is 3. The van der Waals surface area contributed by atoms with Crippen LogP contribution in [0.1, 0.15) is 5.56 Å². The minimum absolute atomic E-state index is 0.0986. The fourth-order valence-corrected chi connectivity index (χ4v) is 4.71. The molecular weight excluding hydrogens is 420 g/mol. The summed E-state index contributed by atoms with van der Waals surface area (Å²) < 4.78 is 32.2. The Bertz CT molecular complexity index is 1290. The van der Waals surface area contributed by atoms with Crippen LogP contribution in [0.25, 0.3) is 10.9 Å². The quantitative estimate of drug-likeness (QED) is 0.440. The summed E-state index contributed by atoms with van der Waals surface area (Å²) >= 11 is 5.93. The summed E-state index contributed by atoms with van der Waals surface area (Å²) in [7, 11) is -2.26. The molecule has 0 fully saturated rings. The highest BCUT2D eigenvalue weighted by Gasteiger charge is 2.24. The molecule has 0 bridgehead atoms. The maximum atomic E-state index is 13.4. The summed E-state index contributed by atoms with van der Waals surface area (Å²) in [6.45, 7) is 0.459. The third kappa shape index (κ3) is 3.97. The Morgan fingerprint density at radius 2 is 1.73 bits per heavy atom. The van der Waals surface area contributed by atoms with Gasteiger partial charge >= 0.3 is 0 Å². The normalized spacial score (nSPS) is 11.4. The van der Waals surface area contributed by atoms with Crippen molar-refractivity contribution in [3.63, 3.8) is 0 Å². The van der Waals surface area contributed by atoms with E-state index in [0.29, 0.717) is 33.9 Å². The number of anilines is 1. The molecule has 0 atom stereocenters. The van der Waals surface area contributed by atoms with Gasteiger partial charge in [0, 0.05) is 23.2 Å². The standard InChI is InChI=1S/C23H19ClN2O3S/c1-29-18-9-12-21-20(13-18)23(26-14-16-5-3-2-4-6-16)22(15-25-21)30(27,28)19-10-7-17(24)8-11-19/h2-13,15H,14H2,1H3,(H,25,26). The molecule has 0 saturated heterocycles. The van der Waals surface area contributed by atoms with Crippen LogP contribution in [0.4, 0.5) is 5.69 Å². The molecule has 1 heterocycles. The number of nitrogens with zero attached hydrogens (tertiary/aromatic N) is 1. The smallest absolute Gasteiger partial charge is 0.210 e. The fourth-order valence-electron chi connectivity index (χ4n) is 3.19. The van der Waals surface area contributed by atoms with Crippen molar-refractivity contribution in [2.75, 3.05) is 12.4 Å². The van der Waals surface area contributed by atoms with Crippen molar-refractivity contribution in [2.24, 2.45) is 0 Å². The second-order valence-corrected chi connectivity index (χ2v) is 9.03. The molecule has 0 amide bonds. The molecule has 30 heavy (non-hydrogen) atoms. The largest absolute Gasteiger partial charge is 0.497 e. The van der Waals surface area contributed by atoms with Gasteiger partial charge in [0.05, 0.1) is 23.2 Å². The zero-order chi connectivity index (χ0) is 21.1. The summed E-state index contributed by atoms with van der Waals surface area (Å²) in [5.41, 5.74) is 2.18. The van der Waals surface area contributed by atoms with Crippen LogP contribution in [-0.4, -0.2) is 20.5 Å². The maximum Gasteiger partial charge on any atom is 0.210 e. The van der Waals surface area contributed by atoms with Gasteiger partial charge < -0.3 is 10.1 Å². The van der Waals surface area contributed by atoms with Gasteiger partial charge in [0.2, 0.25) is 9.84 Å². The van der Waals surface area contributed by atoms with Gasteiger partial charge in [-0.25, -0.2) is 8.42 Å². The molecule has 0 aliphatic carbocycles. The van der Waals surface area contributed by atoms with Crippen molar-refractivity contribution in [3.05, 3.63) is 89.6 Å². The summed E-state index contributed by atoms with van der Waals surface area (Å²) in [4.78, 5) is 4.63. The van der Waals surface area contributed by atoms with Crippen molar-refractivity contribution in [1.82, 2.24) is 4.98 Å². The molecular formula is C23H19ClN2O3S. The average Bonchev–Trinajstić information content (AvgIpc) is 2.77. The van der Waals surface area contributed by atoms with Gasteiger partial charge in [0.15, 0.2) is 0 Å². The summed E-state index contributed by atoms with van der Waals surface area (Å²) in [5.74, 6) is 0.619. The molecule has 0 saturated carbocycles. The third-order valence-electron chi connectivity index (χ3n) is 4.77. The highest BCUT2D eigenvalue weighted by Crippen LogP contribution is 2.35. The molecule has 1 aromatic heterocycles. The number of hydrogen-bond acceptors (Lipinski definition) is 5. The van der Waals surface area contributed by atoms with Gasteiger partial charge in [0.25, 0.3) is 0 Å². The molecule has 3 aromatic carbocycles. The van der Waals surface area contributed by atoms with Crippen LogP contribution in [0.15, 0.2) is 88.8 Å². The molecule has 0 aliphatic rings. The second-order valence-electron chi connectivity index (χ2n) is 6.68. The average molecular weight is 439 g/mol. The first-order valence-corrected chi connectivity index (χ1v) is 11.1. The first-order chi connectivity index (χ1) is 14.5. The van der Waals surface area contributed by atoms with E-state index in [2.05, 4.69) is 10.3 Å². The van der Waals surface area contributed by atoms with Gasteiger partial charge in [-0.15, -0.1) is 0 Å². The summed E-state index contributed by atoms with van der Waals surface area (Å²) in [5, 5.41) is 4.45. The number of aromatic nitrogens is 1. The van der Waals surface area contributed by atoms with Crippen molar-refractivity contribution in [3.8, 4) is 5.75 Å². The Labute approximate surface area is 180 Å². The minimum Gasteiger partial charge on any atom is -0.497 e. The second kappa shape index (κ2) is 8.34. The highest BCUT2D eigenvalue weighted by molar-refractivity contribution is 7.91. The Morgan fingerprint density at radius 1 is 1.00 bits per heavy atom. The lowest BCUT2D eigenvalue weighted by atomic mass is 10.1. The predicted molar refractivity (Wildman–Crippen MR) is 119 cm³/mol. The number of hydrogen-bond donors (Lipinski definition) is 1. The van der Waals surface area contributed by atoms with E-state index in [1.54, 1.807) is 37.4 Å². The van der Waals surface area contributed by atoms with E-state index >= 15 is 0 Å². The lowest BCUT2D eigenvalue weighted by Crippen LogP contribution is -2.09. The van der Waals surface area contributed by atoms with Crippen LogP contribution >= 0.6 is 11.6 Å².